The molecule has 0 unspecified atom stereocenters. The summed E-state index contributed by atoms with van der Waals surface area (Å²) in [5, 5.41) is 0. The van der Waals surface area contributed by atoms with E-state index in [0.717, 1.165) is 13.2 Å². The van der Waals surface area contributed by atoms with Crippen LogP contribution in [0.5, 0.6) is 0 Å². The average Bonchev–Trinajstić information content (AvgIpc) is 2.56. The number of rotatable bonds is 18. The summed E-state index contributed by atoms with van der Waals surface area (Å²) >= 11 is 0. The Balaban J connectivity index is 0. The highest BCUT2D eigenvalue weighted by molar-refractivity contribution is 7.79. The molecule has 0 aliphatic carbocycles. The Hall–Kier alpha value is -0.170. The molecule has 0 aliphatic heterocycles. The molecule has 0 aliphatic rings. The maximum atomic E-state index is 8.74. The van der Waals surface area contributed by atoms with Crippen LogP contribution in [-0.2, 0) is 15.1 Å². The van der Waals surface area contributed by atoms with Crippen LogP contribution in [0.1, 0.15) is 117 Å². The predicted molar refractivity (Wildman–Crippen MR) is 110 cm³/mol. The molecule has 0 aromatic carbocycles. The van der Waals surface area contributed by atoms with Gasteiger partial charge in [-0.15, -0.1) is 0 Å². The average molecular weight is 397 g/mol. The van der Waals surface area contributed by atoms with Crippen LogP contribution in [-0.4, -0.2) is 30.7 Å². The van der Waals surface area contributed by atoms with Crippen molar-refractivity contribution in [2.75, 3.05) is 13.2 Å². The van der Waals surface area contributed by atoms with Gasteiger partial charge in [-0.05, 0) is 12.8 Å². The van der Waals surface area contributed by atoms with Crippen LogP contribution in [0.15, 0.2) is 0 Å². The molecule has 26 heavy (non-hydrogen) atoms. The van der Waals surface area contributed by atoms with E-state index in [0.29, 0.717) is 0 Å². The predicted octanol–water partition coefficient (Wildman–Crippen LogP) is 6.63. The molecule has 5 nitrogen and oxygen atoms in total. The molecule has 0 saturated heterocycles. The van der Waals surface area contributed by atoms with E-state index in [4.69, 9.17) is 22.3 Å². The minimum Gasteiger partial charge on any atom is -0.381 e. The molecule has 0 rings (SSSR count). The maximum Gasteiger partial charge on any atom is 0.394 e. The molecule has 0 fully saturated rings. The Morgan fingerprint density at radius 1 is 0.538 bits per heavy atom. The van der Waals surface area contributed by atoms with Crippen molar-refractivity contribution in [3.63, 3.8) is 0 Å². The molecule has 0 saturated carbocycles. The highest BCUT2D eigenvalue weighted by Crippen LogP contribution is 2.10. The van der Waals surface area contributed by atoms with Gasteiger partial charge in [0.2, 0.25) is 0 Å². The van der Waals surface area contributed by atoms with Gasteiger partial charge in [0.15, 0.2) is 0 Å². The molecule has 0 aromatic rings. The van der Waals surface area contributed by atoms with Crippen LogP contribution in [0.25, 0.3) is 0 Å². The molecule has 0 heterocycles. The van der Waals surface area contributed by atoms with E-state index in [-0.39, 0.29) is 0 Å². The summed E-state index contributed by atoms with van der Waals surface area (Å²) in [6, 6.07) is 0. The molecule has 0 radical (unpaired) electrons. The topological polar surface area (TPSA) is 83.8 Å². The maximum absolute atomic E-state index is 8.74. The smallest absolute Gasteiger partial charge is 0.381 e. The van der Waals surface area contributed by atoms with E-state index >= 15 is 0 Å². The summed E-state index contributed by atoms with van der Waals surface area (Å²) in [4.78, 5) is 0. The van der Waals surface area contributed by atoms with Gasteiger partial charge in [-0.2, -0.15) is 8.42 Å². The fraction of sp³-hybridized carbons (Fsp3) is 1.00. The third kappa shape index (κ3) is 39.1. The Morgan fingerprint density at radius 3 is 1.04 bits per heavy atom. The zero-order valence-corrected chi connectivity index (χ0v) is 18.1. The zero-order valence-electron chi connectivity index (χ0n) is 17.3. The number of ether oxygens (including phenoxy) is 1. The summed E-state index contributed by atoms with van der Waals surface area (Å²) in [5.74, 6) is 0. The monoisotopic (exact) mass is 396 g/mol. The lowest BCUT2D eigenvalue weighted by Crippen LogP contribution is -1.97. The van der Waals surface area contributed by atoms with E-state index in [2.05, 4.69) is 13.8 Å². The lowest BCUT2D eigenvalue weighted by Gasteiger charge is -2.05. The van der Waals surface area contributed by atoms with Gasteiger partial charge in [-0.3, -0.25) is 9.11 Å². The Bertz CT molecular complexity index is 318. The molecule has 160 valence electrons. The van der Waals surface area contributed by atoms with Crippen molar-refractivity contribution in [3.05, 3.63) is 0 Å². The van der Waals surface area contributed by atoms with Crippen LogP contribution in [0.2, 0.25) is 0 Å². The van der Waals surface area contributed by atoms with Gasteiger partial charge in [0.1, 0.15) is 0 Å². The molecule has 0 amide bonds. The Labute approximate surface area is 162 Å². The van der Waals surface area contributed by atoms with Crippen LogP contribution >= 0.6 is 0 Å². The van der Waals surface area contributed by atoms with Gasteiger partial charge in [0.05, 0.1) is 0 Å². The molecule has 6 heteroatoms. The van der Waals surface area contributed by atoms with E-state index in [1.54, 1.807) is 0 Å². The van der Waals surface area contributed by atoms with E-state index in [1.165, 1.54) is 103 Å². The highest BCUT2D eigenvalue weighted by Gasteiger charge is 1.94. The van der Waals surface area contributed by atoms with Gasteiger partial charge in [0.25, 0.3) is 0 Å². The van der Waals surface area contributed by atoms with Crippen molar-refractivity contribution in [1.29, 1.82) is 0 Å². The molecule has 2 N–H and O–H groups in total. The van der Waals surface area contributed by atoms with Gasteiger partial charge < -0.3 is 4.74 Å². The summed E-state index contributed by atoms with van der Waals surface area (Å²) in [7, 11) is -4.67. The quantitative estimate of drug-likeness (QED) is 0.200. The summed E-state index contributed by atoms with van der Waals surface area (Å²) in [6.07, 6.45) is 22.2. The second-order valence-electron chi connectivity index (χ2n) is 7.01. The first-order valence-electron chi connectivity index (χ1n) is 10.7. The number of hydrogen-bond acceptors (Lipinski definition) is 3. The van der Waals surface area contributed by atoms with Crippen molar-refractivity contribution in [3.8, 4) is 0 Å². The lowest BCUT2D eigenvalue weighted by atomic mass is 10.1. The van der Waals surface area contributed by atoms with Crippen molar-refractivity contribution >= 4 is 10.4 Å². The minimum absolute atomic E-state index is 0.992. The molecule has 0 bridgehead atoms. The zero-order chi connectivity index (χ0) is 19.9. The van der Waals surface area contributed by atoms with Gasteiger partial charge >= 0.3 is 10.4 Å². The second-order valence-corrected chi connectivity index (χ2v) is 7.91. The van der Waals surface area contributed by atoms with E-state index < -0.39 is 10.4 Å². The van der Waals surface area contributed by atoms with Crippen molar-refractivity contribution in [1.82, 2.24) is 0 Å². The largest absolute Gasteiger partial charge is 0.394 e. The SMILES string of the molecule is CCCCCCCCCCOCCCCCCCCCC.O=S(=O)(O)O. The first kappa shape index (κ1) is 28.0. The van der Waals surface area contributed by atoms with Crippen molar-refractivity contribution < 1.29 is 22.3 Å². The van der Waals surface area contributed by atoms with Crippen LogP contribution in [0.4, 0.5) is 0 Å². The van der Waals surface area contributed by atoms with Gasteiger partial charge in [-0.1, -0.05) is 104 Å². The summed E-state index contributed by atoms with van der Waals surface area (Å²) in [6.45, 7) is 6.55. The Kier molecular flexibility index (Phi) is 24.7. The van der Waals surface area contributed by atoms with Crippen LogP contribution in [0, 0.1) is 0 Å². The van der Waals surface area contributed by atoms with E-state index in [1.807, 2.05) is 0 Å². The summed E-state index contributed by atoms with van der Waals surface area (Å²) < 4.78 is 37.3. The van der Waals surface area contributed by atoms with Crippen molar-refractivity contribution in [2.24, 2.45) is 0 Å². The fourth-order valence-electron chi connectivity index (χ4n) is 2.78. The standard InChI is InChI=1S/C20H42O.H2O4S/c1-3-5-7-9-11-13-15-17-19-21-20-18-16-14-12-10-8-6-4-2;1-5(2,3)4/h3-20H2,1-2H3;(H2,1,2,3,4). The van der Waals surface area contributed by atoms with Crippen LogP contribution < -0.4 is 0 Å². The molecular weight excluding hydrogens is 352 g/mol. The second kappa shape index (κ2) is 22.9. The van der Waals surface area contributed by atoms with Gasteiger partial charge in [-0.25, -0.2) is 0 Å². The van der Waals surface area contributed by atoms with Crippen LogP contribution in [0.3, 0.4) is 0 Å². The first-order valence-corrected chi connectivity index (χ1v) is 12.1. The normalized spacial score (nSPS) is 11.2. The third-order valence-corrected chi connectivity index (χ3v) is 4.28. The Morgan fingerprint density at radius 2 is 0.769 bits per heavy atom. The molecular formula is C20H44O5S. The lowest BCUT2D eigenvalue weighted by molar-refractivity contribution is 0.125. The van der Waals surface area contributed by atoms with Crippen molar-refractivity contribution in [2.45, 2.75) is 117 Å². The fourth-order valence-corrected chi connectivity index (χ4v) is 2.78. The highest BCUT2D eigenvalue weighted by atomic mass is 32.3. The minimum atomic E-state index is -4.67. The molecule has 0 atom stereocenters. The number of unbranched alkanes of at least 4 members (excludes halogenated alkanes) is 14. The van der Waals surface area contributed by atoms with Gasteiger partial charge in [0, 0.05) is 13.2 Å². The number of hydrogen-bond donors (Lipinski definition) is 2. The first-order chi connectivity index (χ1) is 12.4. The summed E-state index contributed by atoms with van der Waals surface area (Å²) in [5.41, 5.74) is 0. The molecule has 0 spiro atoms. The third-order valence-electron chi connectivity index (χ3n) is 4.28. The van der Waals surface area contributed by atoms with E-state index in [9.17, 15) is 0 Å². The molecule has 0 aromatic heterocycles.